The number of rotatable bonds is 9. The van der Waals surface area contributed by atoms with Crippen LogP contribution in [0.4, 0.5) is 0 Å². The van der Waals surface area contributed by atoms with Crippen LogP contribution in [0.15, 0.2) is 53.0 Å². The fraction of sp³-hybridized carbons (Fsp3) is 0.381. The van der Waals surface area contributed by atoms with Crippen molar-refractivity contribution in [3.63, 3.8) is 0 Å². The highest BCUT2D eigenvalue weighted by atomic mass is 79.9. The Labute approximate surface area is 158 Å². The first-order valence-corrected chi connectivity index (χ1v) is 9.71. The van der Waals surface area contributed by atoms with Gasteiger partial charge in [0.15, 0.2) is 0 Å². The molecule has 0 aliphatic carbocycles. The van der Waals surface area contributed by atoms with Gasteiger partial charge in [-0.15, -0.1) is 0 Å². The summed E-state index contributed by atoms with van der Waals surface area (Å²) in [5, 5.41) is 13.3. The zero-order chi connectivity index (χ0) is 18.1. The molecule has 0 bridgehead atoms. The molecule has 0 saturated heterocycles. The van der Waals surface area contributed by atoms with Gasteiger partial charge in [0, 0.05) is 28.9 Å². The van der Waals surface area contributed by atoms with E-state index in [9.17, 15) is 9.90 Å². The van der Waals surface area contributed by atoms with Crippen LogP contribution in [0.2, 0.25) is 0 Å². The smallest absolute Gasteiger partial charge is 0.220 e. The van der Waals surface area contributed by atoms with E-state index in [1.807, 2.05) is 36.4 Å². The summed E-state index contributed by atoms with van der Waals surface area (Å²) >= 11 is 3.46. The van der Waals surface area contributed by atoms with E-state index in [1.54, 1.807) is 12.1 Å². The van der Waals surface area contributed by atoms with Crippen LogP contribution in [0.25, 0.3) is 0 Å². The lowest BCUT2D eigenvalue weighted by Gasteiger charge is -2.19. The summed E-state index contributed by atoms with van der Waals surface area (Å²) in [5.74, 6) is 0.0619. The minimum atomic E-state index is -0.172. The summed E-state index contributed by atoms with van der Waals surface area (Å²) in [4.78, 5) is 12.4. The molecule has 0 aromatic heterocycles. The van der Waals surface area contributed by atoms with Crippen molar-refractivity contribution in [2.75, 3.05) is 6.54 Å². The Kier molecular flexibility index (Phi) is 7.99. The summed E-state index contributed by atoms with van der Waals surface area (Å²) in [6, 6.07) is 15.2. The molecule has 3 nitrogen and oxygen atoms in total. The molecule has 0 heterocycles. The maximum Gasteiger partial charge on any atom is 0.220 e. The monoisotopic (exact) mass is 403 g/mol. The van der Waals surface area contributed by atoms with Crippen molar-refractivity contribution in [3.8, 4) is 5.75 Å². The number of carbonyl (C=O) groups excluding carboxylic acids is 1. The van der Waals surface area contributed by atoms with E-state index in [1.165, 1.54) is 12.8 Å². The molecule has 1 amide bonds. The Balaban J connectivity index is 2.11. The molecule has 134 valence electrons. The second-order valence-corrected chi connectivity index (χ2v) is 7.20. The highest BCUT2D eigenvalue weighted by Gasteiger charge is 2.21. The van der Waals surface area contributed by atoms with Crippen molar-refractivity contribution < 1.29 is 9.90 Å². The number of halogens is 1. The van der Waals surface area contributed by atoms with E-state index >= 15 is 0 Å². The highest BCUT2D eigenvalue weighted by Crippen LogP contribution is 2.35. The van der Waals surface area contributed by atoms with Crippen molar-refractivity contribution in [2.45, 2.75) is 44.9 Å². The van der Waals surface area contributed by atoms with E-state index < -0.39 is 0 Å². The molecule has 2 rings (SSSR count). The summed E-state index contributed by atoms with van der Waals surface area (Å²) < 4.78 is 0.890. The first-order chi connectivity index (χ1) is 12.1. The van der Waals surface area contributed by atoms with Crippen LogP contribution in [-0.4, -0.2) is 17.6 Å². The largest absolute Gasteiger partial charge is 0.508 e. The predicted octanol–water partition coefficient (Wildman–Crippen LogP) is 5.37. The van der Waals surface area contributed by atoms with E-state index in [0.29, 0.717) is 13.0 Å². The lowest BCUT2D eigenvalue weighted by molar-refractivity contribution is -0.121. The second-order valence-electron chi connectivity index (χ2n) is 6.28. The first kappa shape index (κ1) is 19.5. The minimum absolute atomic E-state index is 0.0183. The van der Waals surface area contributed by atoms with Gasteiger partial charge >= 0.3 is 0 Å². The highest BCUT2D eigenvalue weighted by molar-refractivity contribution is 9.10. The van der Waals surface area contributed by atoms with Crippen molar-refractivity contribution in [1.29, 1.82) is 0 Å². The van der Waals surface area contributed by atoms with Crippen molar-refractivity contribution in [3.05, 3.63) is 64.1 Å². The standard InChI is InChI=1S/C21H26BrNO2/c1-2-3-4-8-13-23-21(25)15-18(16-9-6-5-7-10-16)19-14-17(22)11-12-20(19)24/h5-7,9-12,14,18,24H,2-4,8,13,15H2,1H3,(H,23,25)/t18-/m1/s1. The van der Waals surface area contributed by atoms with Crippen LogP contribution < -0.4 is 5.32 Å². The van der Waals surface area contributed by atoms with Crippen molar-refractivity contribution in [2.24, 2.45) is 0 Å². The molecule has 0 spiro atoms. The molecule has 0 fully saturated rings. The number of benzene rings is 2. The number of unbranched alkanes of at least 4 members (excludes halogenated alkanes) is 3. The lowest BCUT2D eigenvalue weighted by Crippen LogP contribution is -2.26. The number of amides is 1. The van der Waals surface area contributed by atoms with Gasteiger partial charge < -0.3 is 10.4 Å². The predicted molar refractivity (Wildman–Crippen MR) is 106 cm³/mol. The van der Waals surface area contributed by atoms with Gasteiger partial charge in [-0.2, -0.15) is 0 Å². The van der Waals surface area contributed by atoms with Gasteiger partial charge in [-0.05, 0) is 30.2 Å². The third-order valence-electron chi connectivity index (χ3n) is 4.31. The van der Waals surface area contributed by atoms with Crippen molar-refractivity contribution >= 4 is 21.8 Å². The molecule has 0 saturated carbocycles. The maximum atomic E-state index is 12.4. The number of hydrogen-bond acceptors (Lipinski definition) is 2. The molecule has 0 radical (unpaired) electrons. The summed E-state index contributed by atoms with van der Waals surface area (Å²) in [6.07, 6.45) is 4.87. The van der Waals surface area contributed by atoms with Gasteiger partial charge in [0.25, 0.3) is 0 Å². The van der Waals surface area contributed by atoms with E-state index in [4.69, 9.17) is 0 Å². The fourth-order valence-electron chi connectivity index (χ4n) is 2.93. The number of phenolic OH excluding ortho intramolecular Hbond substituents is 1. The Hall–Kier alpha value is -1.81. The number of carbonyl (C=O) groups is 1. The van der Waals surface area contributed by atoms with E-state index in [0.717, 1.165) is 28.4 Å². The summed E-state index contributed by atoms with van der Waals surface area (Å²) in [5.41, 5.74) is 1.79. The minimum Gasteiger partial charge on any atom is -0.508 e. The topological polar surface area (TPSA) is 49.3 Å². The van der Waals surface area contributed by atoms with Gasteiger partial charge in [0.05, 0.1) is 0 Å². The van der Waals surface area contributed by atoms with Gasteiger partial charge in [0.1, 0.15) is 5.75 Å². The Bertz CT molecular complexity index is 673. The van der Waals surface area contributed by atoms with Gasteiger partial charge in [-0.3, -0.25) is 4.79 Å². The van der Waals surface area contributed by atoms with Gasteiger partial charge in [-0.25, -0.2) is 0 Å². The molecule has 0 aliphatic rings. The summed E-state index contributed by atoms with van der Waals surface area (Å²) in [7, 11) is 0. The van der Waals surface area contributed by atoms with E-state index in [-0.39, 0.29) is 17.6 Å². The van der Waals surface area contributed by atoms with Crippen LogP contribution in [0, 0.1) is 0 Å². The molecule has 0 unspecified atom stereocenters. The quantitative estimate of drug-likeness (QED) is 0.552. The average molecular weight is 404 g/mol. The average Bonchev–Trinajstić information content (AvgIpc) is 2.62. The molecule has 1 atom stereocenters. The van der Waals surface area contributed by atoms with Crippen LogP contribution in [0.5, 0.6) is 5.75 Å². The molecular formula is C21H26BrNO2. The SMILES string of the molecule is CCCCCCNC(=O)C[C@H](c1ccccc1)c1cc(Br)ccc1O. The number of phenols is 1. The Morgan fingerprint density at radius 1 is 1.12 bits per heavy atom. The summed E-state index contributed by atoms with van der Waals surface area (Å²) in [6.45, 7) is 2.89. The molecule has 4 heteroatoms. The molecule has 2 N–H and O–H groups in total. The van der Waals surface area contributed by atoms with Gasteiger partial charge in [0.2, 0.25) is 5.91 Å². The molecule has 2 aromatic rings. The molecule has 0 aliphatic heterocycles. The zero-order valence-corrected chi connectivity index (χ0v) is 16.3. The van der Waals surface area contributed by atoms with Crippen LogP contribution in [0.3, 0.4) is 0 Å². The zero-order valence-electron chi connectivity index (χ0n) is 14.7. The third kappa shape index (κ3) is 6.20. The fourth-order valence-corrected chi connectivity index (χ4v) is 3.31. The van der Waals surface area contributed by atoms with Gasteiger partial charge in [-0.1, -0.05) is 72.4 Å². The third-order valence-corrected chi connectivity index (χ3v) is 4.80. The first-order valence-electron chi connectivity index (χ1n) is 8.92. The maximum absolute atomic E-state index is 12.4. The Morgan fingerprint density at radius 3 is 2.60 bits per heavy atom. The number of nitrogens with one attached hydrogen (secondary N) is 1. The van der Waals surface area contributed by atoms with E-state index in [2.05, 4.69) is 28.2 Å². The molecular weight excluding hydrogens is 378 g/mol. The number of hydrogen-bond donors (Lipinski definition) is 2. The molecule has 25 heavy (non-hydrogen) atoms. The second kappa shape index (κ2) is 10.2. The van der Waals surface area contributed by atoms with Crippen LogP contribution in [0.1, 0.15) is 56.1 Å². The number of aromatic hydroxyl groups is 1. The van der Waals surface area contributed by atoms with Crippen LogP contribution in [-0.2, 0) is 4.79 Å². The molecule has 2 aromatic carbocycles. The lowest BCUT2D eigenvalue weighted by atomic mass is 9.87. The van der Waals surface area contributed by atoms with Crippen LogP contribution >= 0.6 is 15.9 Å². The Morgan fingerprint density at radius 2 is 1.88 bits per heavy atom. The normalized spacial score (nSPS) is 11.9. The van der Waals surface area contributed by atoms with Crippen molar-refractivity contribution in [1.82, 2.24) is 5.32 Å².